The minimum Gasteiger partial charge on any atom is -0.324 e. The number of fused-ring (bicyclic) bond motifs is 2. The number of pyridine rings is 1. The zero-order chi connectivity index (χ0) is 23.5. The standard InChI is InChI=1S/C27H28N4O2S/c28-17-21-3-5-22-6-8-27(33)31(24(22)16-21)14-13-30-11-9-19(10-12-30)1-2-20-4-7-25-23(15-20)29-26(32)18-34-25/h3-8,15-16,19H,1-2,9-14,18H2,(H,29,32). The average Bonchev–Trinajstić information content (AvgIpc) is 2.87. The smallest absolute Gasteiger partial charge is 0.251 e. The van der Waals surface area contributed by atoms with Crippen LogP contribution < -0.4 is 10.9 Å². The lowest BCUT2D eigenvalue weighted by Gasteiger charge is -2.32. The first-order valence-corrected chi connectivity index (χ1v) is 12.9. The van der Waals surface area contributed by atoms with E-state index < -0.39 is 0 Å². The molecule has 0 saturated carbocycles. The van der Waals surface area contributed by atoms with E-state index in [4.69, 9.17) is 0 Å². The van der Waals surface area contributed by atoms with Crippen molar-refractivity contribution in [2.75, 3.05) is 30.7 Å². The van der Waals surface area contributed by atoms with Gasteiger partial charge in [-0.15, -0.1) is 11.8 Å². The first kappa shape index (κ1) is 22.7. The predicted octanol–water partition coefficient (Wildman–Crippen LogP) is 4.26. The molecule has 5 rings (SSSR count). The molecule has 1 N–H and O–H groups in total. The van der Waals surface area contributed by atoms with Gasteiger partial charge in [-0.2, -0.15) is 5.26 Å². The number of benzene rings is 2. The zero-order valence-corrected chi connectivity index (χ0v) is 19.9. The summed E-state index contributed by atoms with van der Waals surface area (Å²) in [5.41, 5.74) is 3.64. The molecule has 0 radical (unpaired) electrons. The second-order valence-corrected chi connectivity index (χ2v) is 10.2. The third-order valence-electron chi connectivity index (χ3n) is 6.99. The number of anilines is 1. The molecule has 0 bridgehead atoms. The first-order valence-electron chi connectivity index (χ1n) is 11.9. The van der Waals surface area contributed by atoms with Crippen LogP contribution in [-0.4, -0.2) is 40.8 Å². The molecule has 2 aliphatic heterocycles. The molecule has 0 unspecified atom stereocenters. The molecule has 174 valence electrons. The number of aromatic nitrogens is 1. The topological polar surface area (TPSA) is 78.1 Å². The van der Waals surface area contributed by atoms with Gasteiger partial charge in [0.1, 0.15) is 0 Å². The highest BCUT2D eigenvalue weighted by Gasteiger charge is 2.20. The number of carbonyl (C=O) groups is 1. The molecule has 1 aromatic heterocycles. The van der Waals surface area contributed by atoms with Crippen LogP contribution in [-0.2, 0) is 17.8 Å². The monoisotopic (exact) mass is 472 g/mol. The number of likely N-dealkylation sites (tertiary alicyclic amines) is 1. The number of rotatable bonds is 6. The molecule has 0 aliphatic carbocycles. The Morgan fingerprint density at radius 2 is 1.85 bits per heavy atom. The summed E-state index contributed by atoms with van der Waals surface area (Å²) >= 11 is 1.60. The molecular formula is C27H28N4O2S. The highest BCUT2D eigenvalue weighted by Crippen LogP contribution is 2.33. The quantitative estimate of drug-likeness (QED) is 0.580. The Balaban J connectivity index is 1.14. The number of aryl methyl sites for hydroxylation is 1. The van der Waals surface area contributed by atoms with Gasteiger partial charge in [0.25, 0.3) is 5.56 Å². The van der Waals surface area contributed by atoms with Gasteiger partial charge in [-0.25, -0.2) is 0 Å². The van der Waals surface area contributed by atoms with Crippen LogP contribution >= 0.6 is 11.8 Å². The number of nitrogens with zero attached hydrogens (tertiary/aromatic N) is 3. The minimum atomic E-state index is -0.0166. The van der Waals surface area contributed by atoms with Crippen molar-refractivity contribution in [3.05, 3.63) is 70.0 Å². The number of carbonyl (C=O) groups excluding carboxylic acids is 1. The number of nitrogens with one attached hydrogen (secondary N) is 1. The van der Waals surface area contributed by atoms with Crippen LogP contribution in [0.2, 0.25) is 0 Å². The predicted molar refractivity (Wildman–Crippen MR) is 136 cm³/mol. The van der Waals surface area contributed by atoms with Crippen LogP contribution in [0.3, 0.4) is 0 Å². The lowest BCUT2D eigenvalue weighted by atomic mass is 9.90. The molecule has 1 amide bonds. The second kappa shape index (κ2) is 10.0. The molecule has 2 aliphatic rings. The summed E-state index contributed by atoms with van der Waals surface area (Å²) in [5.74, 6) is 1.29. The van der Waals surface area contributed by atoms with Crippen LogP contribution in [0.15, 0.2) is 58.2 Å². The summed E-state index contributed by atoms with van der Waals surface area (Å²) in [5, 5.41) is 13.2. The van der Waals surface area contributed by atoms with Gasteiger partial charge in [-0.3, -0.25) is 9.59 Å². The van der Waals surface area contributed by atoms with E-state index in [1.807, 2.05) is 18.2 Å². The van der Waals surface area contributed by atoms with Crippen molar-refractivity contribution < 1.29 is 4.79 Å². The van der Waals surface area contributed by atoms with Crippen molar-refractivity contribution in [3.63, 3.8) is 0 Å². The van der Waals surface area contributed by atoms with E-state index in [-0.39, 0.29) is 11.5 Å². The maximum Gasteiger partial charge on any atom is 0.251 e. The molecule has 3 heterocycles. The van der Waals surface area contributed by atoms with Crippen LogP contribution in [0.4, 0.5) is 5.69 Å². The van der Waals surface area contributed by atoms with Gasteiger partial charge in [0.15, 0.2) is 0 Å². The number of hydrogen-bond acceptors (Lipinski definition) is 5. The molecule has 1 fully saturated rings. The fourth-order valence-electron chi connectivity index (χ4n) is 4.99. The van der Waals surface area contributed by atoms with E-state index in [0.717, 1.165) is 54.0 Å². The lowest BCUT2D eigenvalue weighted by molar-refractivity contribution is -0.113. The number of amides is 1. The van der Waals surface area contributed by atoms with Crippen LogP contribution in [0.25, 0.3) is 10.9 Å². The van der Waals surface area contributed by atoms with E-state index in [2.05, 4.69) is 34.5 Å². The molecule has 1 saturated heterocycles. The molecule has 0 spiro atoms. The van der Waals surface area contributed by atoms with Gasteiger partial charge in [0.2, 0.25) is 5.91 Å². The second-order valence-electron chi connectivity index (χ2n) is 9.20. The molecule has 7 heteroatoms. The van der Waals surface area contributed by atoms with E-state index in [9.17, 15) is 14.9 Å². The maximum atomic E-state index is 12.5. The van der Waals surface area contributed by atoms with Gasteiger partial charge in [0, 0.05) is 24.1 Å². The van der Waals surface area contributed by atoms with Crippen LogP contribution in [0, 0.1) is 17.2 Å². The average molecular weight is 473 g/mol. The highest BCUT2D eigenvalue weighted by molar-refractivity contribution is 8.00. The third-order valence-corrected chi connectivity index (χ3v) is 8.06. The van der Waals surface area contributed by atoms with Crippen molar-refractivity contribution in [1.29, 1.82) is 5.26 Å². The number of nitriles is 1. The first-order chi connectivity index (χ1) is 16.6. The van der Waals surface area contributed by atoms with Gasteiger partial charge in [-0.05, 0) is 86.0 Å². The lowest BCUT2D eigenvalue weighted by Crippen LogP contribution is -2.37. The summed E-state index contributed by atoms with van der Waals surface area (Å²) in [6.45, 7) is 3.56. The fraction of sp³-hybridized carbons (Fsp3) is 0.370. The van der Waals surface area contributed by atoms with Crippen molar-refractivity contribution in [3.8, 4) is 6.07 Å². The Kier molecular flexibility index (Phi) is 6.70. The van der Waals surface area contributed by atoms with Gasteiger partial charge < -0.3 is 14.8 Å². The maximum absolute atomic E-state index is 12.5. The molecule has 34 heavy (non-hydrogen) atoms. The molecule has 6 nitrogen and oxygen atoms in total. The van der Waals surface area contributed by atoms with E-state index in [0.29, 0.717) is 23.8 Å². The summed E-state index contributed by atoms with van der Waals surface area (Å²) in [6.07, 6.45) is 4.53. The van der Waals surface area contributed by atoms with Crippen molar-refractivity contribution in [2.24, 2.45) is 5.92 Å². The van der Waals surface area contributed by atoms with Crippen LogP contribution in [0.5, 0.6) is 0 Å². The van der Waals surface area contributed by atoms with Gasteiger partial charge >= 0.3 is 0 Å². The molecule has 3 aromatic rings. The summed E-state index contributed by atoms with van der Waals surface area (Å²) < 4.78 is 1.80. The summed E-state index contributed by atoms with van der Waals surface area (Å²) in [6, 6.07) is 17.6. The zero-order valence-electron chi connectivity index (χ0n) is 19.1. The number of piperidine rings is 1. The number of hydrogen-bond donors (Lipinski definition) is 1. The Hall–Kier alpha value is -3.08. The Bertz CT molecular complexity index is 1320. The summed E-state index contributed by atoms with van der Waals surface area (Å²) in [4.78, 5) is 27.8. The largest absolute Gasteiger partial charge is 0.324 e. The normalized spacial score (nSPS) is 16.7. The Morgan fingerprint density at radius 3 is 2.68 bits per heavy atom. The number of thioether (sulfide) groups is 1. The third kappa shape index (κ3) is 5.03. The highest BCUT2D eigenvalue weighted by atomic mass is 32.2. The summed E-state index contributed by atoms with van der Waals surface area (Å²) in [7, 11) is 0. The van der Waals surface area contributed by atoms with Gasteiger partial charge in [-0.1, -0.05) is 12.1 Å². The minimum absolute atomic E-state index is 0.0166. The van der Waals surface area contributed by atoms with E-state index in [1.54, 1.807) is 28.5 Å². The Labute approximate surface area is 203 Å². The fourth-order valence-corrected chi connectivity index (χ4v) is 5.77. The van der Waals surface area contributed by atoms with Crippen molar-refractivity contribution in [1.82, 2.24) is 9.47 Å². The molecular weight excluding hydrogens is 444 g/mol. The van der Waals surface area contributed by atoms with E-state index in [1.165, 1.54) is 18.4 Å². The van der Waals surface area contributed by atoms with Crippen LogP contribution in [0.1, 0.15) is 30.4 Å². The Morgan fingerprint density at radius 1 is 1.03 bits per heavy atom. The molecule has 2 aromatic carbocycles. The van der Waals surface area contributed by atoms with E-state index >= 15 is 0 Å². The van der Waals surface area contributed by atoms with Crippen molar-refractivity contribution >= 4 is 34.3 Å². The molecule has 0 atom stereocenters. The SMILES string of the molecule is N#Cc1ccc2ccc(=O)n(CCN3CCC(CCc4ccc5c(c4)NC(=O)CS5)CC3)c2c1. The van der Waals surface area contributed by atoms with Crippen molar-refractivity contribution in [2.45, 2.75) is 37.1 Å². The van der Waals surface area contributed by atoms with Gasteiger partial charge in [0.05, 0.1) is 28.6 Å².